The molecule has 0 heterocycles. The molecule has 0 aliphatic carbocycles. The summed E-state index contributed by atoms with van der Waals surface area (Å²) in [4.78, 5) is 0. The fourth-order valence-corrected chi connectivity index (χ4v) is 0.717. The van der Waals surface area contributed by atoms with E-state index >= 15 is 0 Å². The zero-order chi connectivity index (χ0) is 7.44. The molecule has 0 N–H and O–H groups in total. The van der Waals surface area contributed by atoms with Gasteiger partial charge in [0.2, 0.25) is 0 Å². The number of hydrogen-bond donors (Lipinski definition) is 0. The molecule has 3 heteroatoms. The quantitative estimate of drug-likeness (QED) is 0.700. The minimum Gasteiger partial charge on any atom is -0.369 e. The Morgan fingerprint density at radius 2 is 1.31 bits per heavy atom. The van der Waals surface area contributed by atoms with Gasteiger partial charge in [0.1, 0.15) is 0 Å². The number of rotatable bonds is 3. The van der Waals surface area contributed by atoms with Crippen LogP contribution in [0.1, 0.15) is 27.7 Å². The molecular weight excluding hydrogens is 273 g/mol. The van der Waals surface area contributed by atoms with E-state index in [1.807, 2.05) is 0 Å². The van der Waals surface area contributed by atoms with Gasteiger partial charge in [0.05, 0.1) is 0 Å². The van der Waals surface area contributed by atoms with Gasteiger partial charge in [0, 0.05) is 37.1 Å². The third-order valence-electron chi connectivity index (χ3n) is 1.49. The molecule has 1 atom stereocenters. The smallest absolute Gasteiger partial charge is 0.369 e. The Morgan fingerprint density at radius 3 is 1.38 bits per heavy atom. The van der Waals surface area contributed by atoms with Crippen molar-refractivity contribution in [2.75, 3.05) is 0 Å². The molecule has 3 radical (unpaired) electrons. The van der Waals surface area contributed by atoms with Crippen molar-refractivity contribution >= 4 is 0 Å². The summed E-state index contributed by atoms with van der Waals surface area (Å²) < 4.78 is 0. The molecule has 0 saturated carbocycles. The Balaban J connectivity index is -0.0000000533. The van der Waals surface area contributed by atoms with Gasteiger partial charge >= 0.3 is 18.6 Å². The topological polar surface area (TPSA) is 0 Å². The van der Waals surface area contributed by atoms with Gasteiger partial charge in [0.25, 0.3) is 0 Å². The van der Waals surface area contributed by atoms with Gasteiger partial charge < -0.3 is 20.8 Å². The molecule has 0 aromatic carbocycles. The summed E-state index contributed by atoms with van der Waals surface area (Å²) in [5.74, 6) is 1.88. The second-order valence-corrected chi connectivity index (χ2v) is 3.34. The minimum atomic E-state index is 0. The van der Waals surface area contributed by atoms with Crippen LogP contribution in [0.5, 0.6) is 0 Å². The molecular formula is C10H21V3-. The maximum atomic E-state index is 4.02. The van der Waals surface area contributed by atoms with Crippen LogP contribution in [0.15, 0.2) is 0 Å². The van der Waals surface area contributed by atoms with E-state index in [4.69, 9.17) is 0 Å². The van der Waals surface area contributed by atoms with Crippen molar-refractivity contribution in [3.63, 3.8) is 0 Å². The van der Waals surface area contributed by atoms with E-state index in [0.717, 1.165) is 0 Å². The van der Waals surface area contributed by atoms with E-state index in [9.17, 15) is 0 Å². The van der Waals surface area contributed by atoms with Gasteiger partial charge in [-0.15, -0.1) is 0 Å². The Kier molecular flexibility index (Phi) is 36.5. The van der Waals surface area contributed by atoms with Crippen LogP contribution in [0, 0.1) is 38.5 Å². The van der Waals surface area contributed by atoms with Crippen LogP contribution < -0.4 is 0 Å². The molecule has 0 saturated heterocycles. The molecule has 0 nitrogen and oxygen atoms in total. The van der Waals surface area contributed by atoms with Crippen molar-refractivity contribution in [1.29, 1.82) is 0 Å². The van der Waals surface area contributed by atoms with Crippen molar-refractivity contribution < 1.29 is 55.7 Å². The van der Waals surface area contributed by atoms with E-state index in [1.54, 1.807) is 0 Å². The summed E-state index contributed by atoms with van der Waals surface area (Å²) in [6.07, 6.45) is 2.30. The van der Waals surface area contributed by atoms with Crippen molar-refractivity contribution in [2.24, 2.45) is 17.8 Å². The van der Waals surface area contributed by atoms with Crippen molar-refractivity contribution in [3.05, 3.63) is 20.8 Å². The van der Waals surface area contributed by atoms with Crippen molar-refractivity contribution in [2.45, 2.75) is 27.7 Å². The first-order chi connectivity index (χ1) is 4.04. The first-order valence-corrected chi connectivity index (χ1v) is 3.72. The van der Waals surface area contributed by atoms with Crippen LogP contribution in [0.2, 0.25) is 0 Å². The summed E-state index contributed by atoms with van der Waals surface area (Å²) in [5, 5.41) is 0. The van der Waals surface area contributed by atoms with Crippen molar-refractivity contribution in [3.8, 4) is 0 Å². The second kappa shape index (κ2) is 16.2. The van der Waals surface area contributed by atoms with Gasteiger partial charge in [-0.05, 0) is 0 Å². The Bertz CT molecular complexity index is 72.6. The van der Waals surface area contributed by atoms with Gasteiger partial charge in [-0.1, -0.05) is 33.6 Å². The molecule has 0 aliphatic rings. The summed E-state index contributed by atoms with van der Waals surface area (Å²) >= 11 is 0. The van der Waals surface area contributed by atoms with E-state index in [1.165, 1.54) is 0 Å². The minimum absolute atomic E-state index is 0. The van der Waals surface area contributed by atoms with E-state index in [0.29, 0.717) is 17.8 Å². The Hall–Kier alpha value is 1.75. The zero-order valence-electron chi connectivity index (χ0n) is 9.36. The van der Waals surface area contributed by atoms with Crippen LogP contribution in [0.4, 0.5) is 0 Å². The molecule has 13 heavy (non-hydrogen) atoms. The van der Waals surface area contributed by atoms with E-state index in [-0.39, 0.29) is 63.1 Å². The largest absolute Gasteiger partial charge is 2.00 e. The van der Waals surface area contributed by atoms with Crippen LogP contribution in [-0.4, -0.2) is 0 Å². The summed E-state index contributed by atoms with van der Waals surface area (Å²) in [5.41, 5.74) is 0. The average molecular weight is 294 g/mol. The standard InChI is InChI=1S/C9H18.CH3.3V/c1-7(2)6-9(5)8(3)4;;;;/h6-9H,5H2,1-4H3;1H3;;;/q-2;-1;;;+2/t9-;;;;/m1..../s1. The molecule has 0 bridgehead atoms. The summed E-state index contributed by atoms with van der Waals surface area (Å²) in [6, 6.07) is 0. The third-order valence-corrected chi connectivity index (χ3v) is 1.49. The van der Waals surface area contributed by atoms with Crippen LogP contribution in [0.25, 0.3) is 0 Å². The third kappa shape index (κ3) is 20.0. The zero-order valence-corrected chi connectivity index (χ0v) is 13.5. The van der Waals surface area contributed by atoms with Gasteiger partial charge in [0.15, 0.2) is 0 Å². The summed E-state index contributed by atoms with van der Waals surface area (Å²) in [6.45, 7) is 12.8. The predicted molar refractivity (Wildman–Crippen MR) is 49.2 cm³/mol. The maximum absolute atomic E-state index is 4.02. The van der Waals surface area contributed by atoms with Crippen LogP contribution in [0.3, 0.4) is 0 Å². The first kappa shape index (κ1) is 29.3. The molecule has 0 aliphatic heterocycles. The second-order valence-electron chi connectivity index (χ2n) is 3.34. The van der Waals surface area contributed by atoms with Gasteiger partial charge in [-0.25, -0.2) is 0 Å². The fraction of sp³-hybridized carbons (Fsp3) is 0.700. The maximum Gasteiger partial charge on any atom is 2.00 e. The monoisotopic (exact) mass is 294 g/mol. The van der Waals surface area contributed by atoms with Gasteiger partial charge in [-0.2, -0.15) is 5.92 Å². The molecule has 0 fully saturated rings. The summed E-state index contributed by atoms with van der Waals surface area (Å²) in [7, 11) is 0. The molecule has 0 aromatic rings. The Labute approximate surface area is 121 Å². The average Bonchev–Trinajstić information content (AvgIpc) is 1.63. The van der Waals surface area contributed by atoms with E-state index < -0.39 is 0 Å². The normalized spacial score (nSPS) is 10.4. The molecule has 77 valence electrons. The molecule has 0 amide bonds. The molecule has 0 spiro atoms. The van der Waals surface area contributed by atoms with Crippen LogP contribution >= 0.6 is 0 Å². The predicted octanol–water partition coefficient (Wildman–Crippen LogP) is 3.40. The van der Waals surface area contributed by atoms with Gasteiger partial charge in [-0.3, -0.25) is 5.92 Å². The molecule has 0 aromatic heterocycles. The number of hydrogen-bond acceptors (Lipinski definition) is 0. The molecule has 0 rings (SSSR count). The van der Waals surface area contributed by atoms with Crippen LogP contribution in [-0.2, 0) is 55.7 Å². The van der Waals surface area contributed by atoms with Crippen molar-refractivity contribution in [1.82, 2.24) is 0 Å². The van der Waals surface area contributed by atoms with E-state index in [2.05, 4.69) is 41.0 Å². The first-order valence-electron chi connectivity index (χ1n) is 3.72. The fourth-order valence-electron chi connectivity index (χ4n) is 0.717. The Morgan fingerprint density at radius 1 is 1.00 bits per heavy atom. The SMILES string of the molecule is [CH2-][C@H]([CH-]C(C)C)C(C)C.[CH3-].[V+2].[V].[V]. The molecule has 0 unspecified atom stereocenters.